The smallest absolute Gasteiger partial charge is 0.324 e. The maximum atomic E-state index is 13.0. The van der Waals surface area contributed by atoms with Gasteiger partial charge in [0.2, 0.25) is 5.88 Å². The van der Waals surface area contributed by atoms with Crippen molar-refractivity contribution in [2.24, 2.45) is 5.92 Å². The van der Waals surface area contributed by atoms with Gasteiger partial charge in [-0.3, -0.25) is 5.32 Å². The molecular formula is C19H22FN3O2. The molecule has 3 rings (SSSR count). The van der Waals surface area contributed by atoms with Gasteiger partial charge < -0.3 is 9.42 Å². The summed E-state index contributed by atoms with van der Waals surface area (Å²) in [5, 5.41) is 6.64. The predicted molar refractivity (Wildman–Crippen MR) is 94.7 cm³/mol. The topological polar surface area (TPSA) is 58.4 Å². The van der Waals surface area contributed by atoms with E-state index in [0.29, 0.717) is 19.0 Å². The first kappa shape index (κ1) is 17.2. The van der Waals surface area contributed by atoms with Crippen LogP contribution < -0.4 is 5.32 Å². The number of piperidine rings is 1. The lowest BCUT2D eigenvalue weighted by Crippen LogP contribution is -2.42. The molecule has 1 aliphatic rings. The van der Waals surface area contributed by atoms with Gasteiger partial charge in [-0.1, -0.05) is 35.9 Å². The molecule has 2 amide bonds. The number of hydrogen-bond donors (Lipinski definition) is 1. The van der Waals surface area contributed by atoms with Gasteiger partial charge in [0.05, 0.1) is 5.69 Å². The third-order valence-corrected chi connectivity index (χ3v) is 4.68. The number of carbonyl (C=O) groups is 1. The minimum atomic E-state index is -0.236. The van der Waals surface area contributed by atoms with Crippen molar-refractivity contribution >= 4 is 18.0 Å². The van der Waals surface area contributed by atoms with Crippen LogP contribution in [0.25, 0.3) is 6.08 Å². The van der Waals surface area contributed by atoms with Crippen LogP contribution in [-0.2, 0) is 0 Å². The van der Waals surface area contributed by atoms with Crippen molar-refractivity contribution in [2.45, 2.75) is 27.2 Å². The maximum absolute atomic E-state index is 13.0. The Bertz CT molecular complexity index is 796. The second-order valence-corrected chi connectivity index (χ2v) is 6.52. The lowest BCUT2D eigenvalue weighted by molar-refractivity contribution is 0.197. The molecule has 1 aromatic heterocycles. The summed E-state index contributed by atoms with van der Waals surface area (Å²) in [6, 6.07) is 6.28. The van der Waals surface area contributed by atoms with Gasteiger partial charge in [0.1, 0.15) is 5.82 Å². The van der Waals surface area contributed by atoms with Crippen LogP contribution in [0.2, 0.25) is 0 Å². The Morgan fingerprint density at radius 2 is 2.08 bits per heavy atom. The van der Waals surface area contributed by atoms with Gasteiger partial charge in [-0.2, -0.15) is 0 Å². The second-order valence-electron chi connectivity index (χ2n) is 6.52. The minimum absolute atomic E-state index is 0.174. The van der Waals surface area contributed by atoms with Crippen molar-refractivity contribution in [2.75, 3.05) is 18.4 Å². The largest absolute Gasteiger partial charge is 0.338 e. The summed E-state index contributed by atoms with van der Waals surface area (Å²) in [5.74, 6) is 0.407. The summed E-state index contributed by atoms with van der Waals surface area (Å²) in [6.07, 6.45) is 2.88. The van der Waals surface area contributed by atoms with Crippen molar-refractivity contribution in [3.63, 3.8) is 0 Å². The summed E-state index contributed by atoms with van der Waals surface area (Å²) in [4.78, 5) is 14.2. The van der Waals surface area contributed by atoms with E-state index in [9.17, 15) is 9.18 Å². The van der Waals surface area contributed by atoms with Crippen molar-refractivity contribution < 1.29 is 13.7 Å². The summed E-state index contributed by atoms with van der Waals surface area (Å²) in [5.41, 5.74) is 3.86. The standard InChI is InChI=1S/C19H22FN3O2/c1-12-11-23(19(24)21-18-13(2)14(3)22-25-18)9-8-16(12)10-15-4-6-17(20)7-5-15/h4-7,10,12H,8-9,11H2,1-3H3,(H,21,24). The summed E-state index contributed by atoms with van der Waals surface area (Å²) in [6.45, 7) is 7.06. The molecule has 0 aliphatic carbocycles. The number of urea groups is 1. The Morgan fingerprint density at radius 1 is 1.36 bits per heavy atom. The molecule has 1 aromatic carbocycles. The third-order valence-electron chi connectivity index (χ3n) is 4.68. The quantitative estimate of drug-likeness (QED) is 0.880. The van der Waals surface area contributed by atoms with E-state index in [0.717, 1.165) is 23.2 Å². The van der Waals surface area contributed by atoms with Crippen molar-refractivity contribution in [1.82, 2.24) is 10.1 Å². The zero-order chi connectivity index (χ0) is 18.0. The molecule has 6 heteroatoms. The Balaban J connectivity index is 1.64. The molecule has 1 aliphatic heterocycles. The van der Waals surface area contributed by atoms with Crippen LogP contribution in [0, 0.1) is 25.6 Å². The Hall–Kier alpha value is -2.63. The molecule has 25 heavy (non-hydrogen) atoms. The van der Waals surface area contributed by atoms with Gasteiger partial charge in [-0.15, -0.1) is 0 Å². The average Bonchev–Trinajstić information content (AvgIpc) is 2.90. The van der Waals surface area contributed by atoms with Crippen LogP contribution in [0.1, 0.15) is 30.2 Å². The fourth-order valence-corrected chi connectivity index (χ4v) is 2.93. The molecule has 2 aromatic rings. The number of amides is 2. The molecule has 0 saturated carbocycles. The fraction of sp³-hybridized carbons (Fsp3) is 0.368. The zero-order valence-electron chi connectivity index (χ0n) is 14.7. The van der Waals surface area contributed by atoms with E-state index in [1.807, 2.05) is 13.8 Å². The third kappa shape index (κ3) is 3.90. The number of nitrogens with zero attached hydrogens (tertiary/aromatic N) is 2. The SMILES string of the molecule is Cc1noc(NC(=O)N2CCC(=Cc3ccc(F)cc3)C(C)C2)c1C. The van der Waals surface area contributed by atoms with Gasteiger partial charge in [0.25, 0.3) is 0 Å². The predicted octanol–water partition coefficient (Wildman–Crippen LogP) is 4.39. The average molecular weight is 343 g/mol. The highest BCUT2D eigenvalue weighted by molar-refractivity contribution is 5.88. The molecule has 1 N–H and O–H groups in total. The van der Waals surface area contributed by atoms with Gasteiger partial charge in [0.15, 0.2) is 0 Å². The van der Waals surface area contributed by atoms with E-state index in [4.69, 9.17) is 4.52 Å². The van der Waals surface area contributed by atoms with E-state index in [1.54, 1.807) is 17.0 Å². The summed E-state index contributed by atoms with van der Waals surface area (Å²) < 4.78 is 18.1. The number of benzene rings is 1. The molecule has 1 fully saturated rings. The normalized spacial score (nSPS) is 19.3. The highest BCUT2D eigenvalue weighted by Crippen LogP contribution is 2.26. The number of anilines is 1. The summed E-state index contributed by atoms with van der Waals surface area (Å²) >= 11 is 0. The van der Waals surface area contributed by atoms with E-state index < -0.39 is 0 Å². The first-order chi connectivity index (χ1) is 11.9. The number of carbonyl (C=O) groups excluding carboxylic acids is 1. The van der Waals surface area contributed by atoms with Crippen LogP contribution in [0.4, 0.5) is 15.1 Å². The number of likely N-dealkylation sites (tertiary alicyclic amines) is 1. The molecule has 1 atom stereocenters. The van der Waals surface area contributed by atoms with E-state index in [1.165, 1.54) is 17.7 Å². The van der Waals surface area contributed by atoms with Crippen molar-refractivity contribution in [3.05, 3.63) is 52.5 Å². The molecule has 2 heterocycles. The molecular weight excluding hydrogens is 321 g/mol. The van der Waals surface area contributed by atoms with Crippen LogP contribution in [0.3, 0.4) is 0 Å². The maximum Gasteiger partial charge on any atom is 0.324 e. The van der Waals surface area contributed by atoms with E-state index in [-0.39, 0.29) is 17.8 Å². The molecule has 0 bridgehead atoms. The van der Waals surface area contributed by atoms with Gasteiger partial charge in [0, 0.05) is 18.7 Å². The van der Waals surface area contributed by atoms with Crippen LogP contribution in [-0.4, -0.2) is 29.2 Å². The monoisotopic (exact) mass is 343 g/mol. The lowest BCUT2D eigenvalue weighted by Gasteiger charge is -2.33. The number of aryl methyl sites for hydroxylation is 1. The second kappa shape index (κ2) is 7.09. The first-order valence-corrected chi connectivity index (χ1v) is 8.39. The lowest BCUT2D eigenvalue weighted by atomic mass is 9.91. The van der Waals surface area contributed by atoms with E-state index in [2.05, 4.69) is 23.5 Å². The van der Waals surface area contributed by atoms with Crippen molar-refractivity contribution in [1.29, 1.82) is 0 Å². The molecule has 132 valence electrons. The fourth-order valence-electron chi connectivity index (χ4n) is 2.93. The van der Waals surface area contributed by atoms with Crippen molar-refractivity contribution in [3.8, 4) is 0 Å². The molecule has 5 nitrogen and oxygen atoms in total. The molecule has 1 saturated heterocycles. The van der Waals surface area contributed by atoms with Gasteiger partial charge >= 0.3 is 6.03 Å². The Morgan fingerprint density at radius 3 is 2.68 bits per heavy atom. The highest BCUT2D eigenvalue weighted by atomic mass is 19.1. The zero-order valence-corrected chi connectivity index (χ0v) is 14.7. The summed E-state index contributed by atoms with van der Waals surface area (Å²) in [7, 11) is 0. The number of rotatable bonds is 2. The first-order valence-electron chi connectivity index (χ1n) is 8.39. The van der Waals surface area contributed by atoms with E-state index >= 15 is 0 Å². The number of hydrogen-bond acceptors (Lipinski definition) is 3. The van der Waals surface area contributed by atoms with Crippen LogP contribution in [0.5, 0.6) is 0 Å². The number of aromatic nitrogens is 1. The number of halogens is 1. The minimum Gasteiger partial charge on any atom is -0.338 e. The number of nitrogens with one attached hydrogen (secondary N) is 1. The van der Waals surface area contributed by atoms with Crippen LogP contribution in [0.15, 0.2) is 34.4 Å². The van der Waals surface area contributed by atoms with Crippen LogP contribution >= 0.6 is 0 Å². The molecule has 0 spiro atoms. The highest BCUT2D eigenvalue weighted by Gasteiger charge is 2.25. The molecule has 0 radical (unpaired) electrons. The van der Waals surface area contributed by atoms with Gasteiger partial charge in [-0.05, 0) is 43.9 Å². The Labute approximate surface area is 146 Å². The molecule has 1 unspecified atom stereocenters. The Kier molecular flexibility index (Phi) is 4.88. The van der Waals surface area contributed by atoms with Gasteiger partial charge in [-0.25, -0.2) is 9.18 Å².